The van der Waals surface area contributed by atoms with Crippen molar-refractivity contribution in [2.75, 3.05) is 26.6 Å². The Morgan fingerprint density at radius 1 is 0.450 bits per heavy atom. The molecule has 0 spiro atoms. The van der Waals surface area contributed by atoms with Crippen molar-refractivity contribution in [1.82, 2.24) is 85.6 Å². The minimum absolute atomic E-state index is 0. The molecule has 10 aromatic rings. The van der Waals surface area contributed by atoms with Crippen LogP contribution in [0.2, 0.25) is 15.5 Å². The summed E-state index contributed by atoms with van der Waals surface area (Å²) in [4.78, 5) is 90.0. The molecule has 131 heavy (non-hydrogen) atoms. The number of allylic oxidation sites excluding steroid dienone is 1. The lowest BCUT2D eigenvalue weighted by atomic mass is 9.97. The number of aryl methyl sites for hydroxylation is 2. The largest absolute Gasteiger partial charge is 0.444 e. The van der Waals surface area contributed by atoms with Crippen molar-refractivity contribution >= 4 is 149 Å². The molecule has 8 fully saturated rings. The van der Waals surface area contributed by atoms with Crippen LogP contribution in [0.1, 0.15) is 226 Å². The van der Waals surface area contributed by atoms with E-state index in [1.54, 1.807) is 58.4 Å². The molecule has 12 atom stereocenters. The number of nitrogens with two attached hydrogens (primary N) is 2. The van der Waals surface area contributed by atoms with Crippen LogP contribution in [0.25, 0.3) is 43.6 Å². The van der Waals surface area contributed by atoms with Crippen LogP contribution in [0.3, 0.4) is 0 Å². The van der Waals surface area contributed by atoms with Crippen molar-refractivity contribution in [1.29, 1.82) is 5.41 Å². The molecular formula is C95H134Cl3N25O8. The third kappa shape index (κ3) is 28.4. The van der Waals surface area contributed by atoms with E-state index < -0.39 is 28.5 Å². The average molecular weight is 1860 g/mol. The Kier molecular flexibility index (Phi) is 34.1. The maximum absolute atomic E-state index is 12.8. The number of ether oxygens (including phenoxy) is 4. The second kappa shape index (κ2) is 43.9. The number of carbonyl (C=O) groups excluding carboxylic acids is 4. The number of pyridine rings is 8. The number of piperidine rings is 4. The molecule has 708 valence electrons. The number of alkyl carbamates (subject to hydrolysis) is 1. The summed E-state index contributed by atoms with van der Waals surface area (Å²) in [6.07, 6.45) is 23.8. The Morgan fingerprint density at radius 3 is 1.13 bits per heavy atom. The number of amides is 4. The van der Waals surface area contributed by atoms with E-state index in [1.165, 1.54) is 18.9 Å². The monoisotopic (exact) mass is 1860 g/mol. The maximum Gasteiger partial charge on any atom is 0.411 e. The lowest BCUT2D eigenvalue weighted by Crippen LogP contribution is -2.51. The summed E-state index contributed by atoms with van der Waals surface area (Å²) in [7, 11) is 0. The third-order valence-electron chi connectivity index (χ3n) is 22.8. The van der Waals surface area contributed by atoms with Gasteiger partial charge in [-0.1, -0.05) is 57.1 Å². The molecule has 18 rings (SSSR count). The number of carbonyl (C=O) groups is 4. The molecule has 18 heterocycles. The zero-order chi connectivity index (χ0) is 91.7. The first-order valence-electron chi connectivity index (χ1n) is 44.1. The number of amidine groups is 1. The number of hydrogen-bond acceptors (Lipinski definition) is 26. The van der Waals surface area contributed by atoms with E-state index in [0.29, 0.717) is 63.0 Å². The number of H-pyrrole nitrogens is 2. The Balaban J connectivity index is 0.000000168. The smallest absolute Gasteiger partial charge is 0.411 e. The summed E-state index contributed by atoms with van der Waals surface area (Å²) in [5, 5.41) is 49.9. The predicted molar refractivity (Wildman–Crippen MR) is 523 cm³/mol. The van der Waals surface area contributed by atoms with E-state index in [9.17, 15) is 19.2 Å². The van der Waals surface area contributed by atoms with E-state index >= 15 is 0 Å². The van der Waals surface area contributed by atoms with E-state index in [-0.39, 0.29) is 88.7 Å². The van der Waals surface area contributed by atoms with Crippen LogP contribution in [0.15, 0.2) is 121 Å². The molecule has 0 radical (unpaired) electrons. The molecule has 0 saturated carbocycles. The molecule has 0 aromatic carbocycles. The summed E-state index contributed by atoms with van der Waals surface area (Å²) in [6.45, 7) is 28.1. The lowest BCUT2D eigenvalue weighted by molar-refractivity contribution is 0.00522. The molecule has 8 bridgehead atoms. The molecule has 8 aliphatic rings. The van der Waals surface area contributed by atoms with Crippen LogP contribution >= 0.6 is 34.8 Å². The number of halogens is 3. The Hall–Kier alpha value is -11.3. The van der Waals surface area contributed by atoms with Gasteiger partial charge in [-0.3, -0.25) is 40.9 Å². The Bertz CT molecular complexity index is 5560. The van der Waals surface area contributed by atoms with Crippen molar-refractivity contribution in [3.05, 3.63) is 148 Å². The van der Waals surface area contributed by atoms with E-state index in [0.717, 1.165) is 174 Å². The number of hydrogen-bond donors (Lipinski definition) is 12. The number of nitrogens with one attached hydrogen (secondary N) is 10. The number of rotatable bonds is 12. The van der Waals surface area contributed by atoms with Crippen molar-refractivity contribution in [2.24, 2.45) is 11.5 Å². The van der Waals surface area contributed by atoms with Crippen molar-refractivity contribution in [3.63, 3.8) is 0 Å². The van der Waals surface area contributed by atoms with Gasteiger partial charge < -0.3 is 77.0 Å². The fraction of sp³-hybridized carbons (Fsp3) is 0.526. The molecule has 36 heteroatoms. The van der Waals surface area contributed by atoms with Gasteiger partial charge in [0.25, 0.3) is 0 Å². The minimum atomic E-state index is -0.549. The predicted octanol–water partition coefficient (Wildman–Crippen LogP) is 20.5. The molecule has 8 aliphatic heterocycles. The van der Waals surface area contributed by atoms with Gasteiger partial charge in [0.05, 0.1) is 22.1 Å². The second-order valence-electron chi connectivity index (χ2n) is 38.2. The van der Waals surface area contributed by atoms with E-state index in [1.807, 2.05) is 164 Å². The van der Waals surface area contributed by atoms with Crippen LogP contribution in [-0.4, -0.2) is 200 Å². The highest BCUT2D eigenvalue weighted by Gasteiger charge is 2.48. The first-order valence-corrected chi connectivity index (χ1v) is 45.2. The first kappa shape index (κ1) is 102. The molecule has 33 nitrogen and oxygen atoms in total. The summed E-state index contributed by atoms with van der Waals surface area (Å²) >= 11 is 17.7. The van der Waals surface area contributed by atoms with Crippen LogP contribution in [-0.2, 0) is 18.9 Å². The zero-order valence-corrected chi connectivity index (χ0v) is 77.8. The van der Waals surface area contributed by atoms with Gasteiger partial charge in [0.15, 0.2) is 11.6 Å². The summed E-state index contributed by atoms with van der Waals surface area (Å²) < 4.78 is 21.7. The number of aromatic nitrogens is 12. The van der Waals surface area contributed by atoms with Crippen LogP contribution in [0.5, 0.6) is 0 Å². The number of anilines is 7. The van der Waals surface area contributed by atoms with Gasteiger partial charge in [-0.25, -0.2) is 39.1 Å². The molecule has 4 amide bonds. The quantitative estimate of drug-likeness (QED) is 0.0234. The molecular weight excluding hydrogens is 1730 g/mol. The van der Waals surface area contributed by atoms with Crippen LogP contribution in [0, 0.1) is 19.3 Å². The van der Waals surface area contributed by atoms with Gasteiger partial charge in [0.2, 0.25) is 0 Å². The highest BCUT2D eigenvalue weighted by molar-refractivity contribution is 6.36. The fourth-order valence-electron chi connectivity index (χ4n) is 18.0. The fourth-order valence-corrected chi connectivity index (χ4v) is 18.7. The maximum atomic E-state index is 12.8. The average Bonchev–Trinajstić information content (AvgIpc) is 1.64. The van der Waals surface area contributed by atoms with Gasteiger partial charge in [-0.2, -0.15) is 10.2 Å². The van der Waals surface area contributed by atoms with Crippen molar-refractivity contribution in [2.45, 2.75) is 324 Å². The summed E-state index contributed by atoms with van der Waals surface area (Å²) in [5.74, 6) is 5.26. The molecule has 10 aromatic heterocycles. The molecule has 0 aliphatic carbocycles. The molecule has 4 unspecified atom stereocenters. The minimum Gasteiger partial charge on any atom is -0.444 e. The first-order chi connectivity index (χ1) is 60.6. The van der Waals surface area contributed by atoms with Gasteiger partial charge in [0.1, 0.15) is 72.8 Å². The van der Waals surface area contributed by atoms with Gasteiger partial charge in [-0.05, 0) is 261 Å². The third-order valence-corrected chi connectivity index (χ3v) is 23.5. The van der Waals surface area contributed by atoms with Crippen molar-refractivity contribution in [3.8, 4) is 0 Å². The highest BCUT2D eigenvalue weighted by Crippen LogP contribution is 2.43. The highest BCUT2D eigenvalue weighted by atomic mass is 35.5. The molecule has 14 N–H and O–H groups in total. The Labute approximate surface area is 784 Å². The number of fused-ring (bicyclic) bond motifs is 12. The zero-order valence-electron chi connectivity index (χ0n) is 75.6. The number of nitrogens with zero attached hydrogens (tertiary/aromatic N) is 13. The normalized spacial score (nSPS) is 22.1. The Morgan fingerprint density at radius 2 is 0.779 bits per heavy atom. The second-order valence-corrected chi connectivity index (χ2v) is 39.3. The SMILES string of the molecule is C.C.C.C/C(=C/C(=N)N)NC(=O)OC(C)(C)C.CC(C)(C)OC(=O)N1[C@@H]2CC[C@H]1CC(N)C2.CC(C)(C)OC(=O)N1[C@@H]2CC[C@H]1CC(Nc1nc(Cl)cc3ncccc13)C2.Cc1cc(Nc2cc3ncccc3c(NC3C[C@H]4CC[C@@H](C3)N4)n2)n[nH]1.Cc1cc(Nc2cc3ncccc3c(NC3C[C@H]4CC[C@@H](C3)N4C(=O)OC(C)(C)C)n2)n[nH]1.Clc1cc2ncccc2c(Cl)n1. The number of aromatic amines is 2. The summed E-state index contributed by atoms with van der Waals surface area (Å²) in [6, 6.07) is 30.7. The van der Waals surface area contributed by atoms with E-state index in [2.05, 4.69) is 93.6 Å². The summed E-state index contributed by atoms with van der Waals surface area (Å²) in [5.41, 5.74) is 15.0. The van der Waals surface area contributed by atoms with Crippen LogP contribution < -0.4 is 48.7 Å². The molecule has 8 saturated heterocycles. The lowest BCUT2D eigenvalue weighted by Gasteiger charge is -2.39. The van der Waals surface area contributed by atoms with Gasteiger partial charge >= 0.3 is 24.4 Å². The van der Waals surface area contributed by atoms with Crippen molar-refractivity contribution < 1.29 is 38.1 Å². The standard InChI is InChI=1S/C24H31N7O2.C20H25ClN4O2.C19H23N7.C12H22N2O2.C9H17N3O2.C8H4Cl2N2.3CH4/c1-14-10-21(30-29-14)27-20-13-19-18(6-5-9-25-19)22(28-20)26-15-11-16-7-8-17(12-15)31(16)23(32)33-24(2,3)4;1-20(2,3)27-19(26)25-13-6-7-14(25)10-12(9-13)23-18-15-5-4-8-22-16(15)11-17(21)24-18;1-11-7-18(26-25-11)23-17-10-16-15(3-2-6-20-16)19(24-17)22-14-8-12-4-5-13(9-14)21-12;1-12(2,3)16-11(15)14-9-4-5-10(14)7-8(13)6-9;1-6(5-7(10)11)12-8(13)14-9(2,3)4;9-7-4-6-5(8(10)12-7)2-1-3-11-6;;;/h5-6,9-10,13,15-17H,7-8,11-12H2,1-4H3,(H3,26,27,28,29,30);4-5,8,11-14H,6-7,9-10H2,1-3H3,(H,23,24);2-3,6-7,10,12-14,21H,4-5,8-9H2,1H3,(H3,22,23,24,25,26);8-10H,4-7,13H2,1-3H3;5H,1-4H3,(H3,10,11)(H,12,13);1-4H;3*1H4/b;;;;6-5-;;;;/t15?,16-,17+;12?,13-,14+;12-,13+,14?;8?,9-,10+;;;;;. The topological polar surface area (TPSA) is 435 Å². The van der Waals surface area contributed by atoms with E-state index in [4.69, 9.17) is 80.6 Å². The van der Waals surface area contributed by atoms with Crippen LogP contribution in [0.4, 0.5) is 59.9 Å². The van der Waals surface area contributed by atoms with Gasteiger partial charge in [-0.15, -0.1) is 0 Å². The van der Waals surface area contributed by atoms with Gasteiger partial charge in [0, 0.05) is 172 Å².